The number of fused-ring (bicyclic) bond motifs is 1. The number of oxazole rings is 1. The summed E-state index contributed by atoms with van der Waals surface area (Å²) in [5.74, 6) is 1.68. The minimum atomic E-state index is -0.779. The second-order valence-electron chi connectivity index (χ2n) is 8.02. The maximum Gasteiger partial charge on any atom is 0.292 e. The zero-order chi connectivity index (χ0) is 20.2. The Kier molecular flexibility index (Phi) is 3.87. The summed E-state index contributed by atoms with van der Waals surface area (Å²) in [6.07, 6.45) is 1.76. The topological polar surface area (TPSA) is 82.3 Å². The van der Waals surface area contributed by atoms with Crippen LogP contribution in [0, 0.1) is 0 Å². The molecular weight excluding hydrogens is 385 g/mol. The highest BCUT2D eigenvalue weighted by atomic mass is 19.1. The van der Waals surface area contributed by atoms with Crippen LogP contribution in [0.2, 0.25) is 0 Å². The molecule has 0 radical (unpaired) electrons. The summed E-state index contributed by atoms with van der Waals surface area (Å²) < 4.78 is 27.5. The molecule has 2 N–H and O–H groups in total. The van der Waals surface area contributed by atoms with Crippen LogP contribution in [0.4, 0.5) is 16.1 Å². The number of benzene rings is 2. The molecule has 2 aromatic heterocycles. The van der Waals surface area contributed by atoms with Gasteiger partial charge in [0, 0.05) is 37.0 Å². The number of alkyl halides is 1. The molecular formula is C22H22FN5O2. The van der Waals surface area contributed by atoms with Gasteiger partial charge >= 0.3 is 0 Å². The molecule has 4 heterocycles. The fraction of sp³-hybridized carbons (Fsp3) is 0.364. The van der Waals surface area contributed by atoms with Crippen molar-refractivity contribution in [2.24, 2.45) is 0 Å². The predicted molar refractivity (Wildman–Crippen MR) is 114 cm³/mol. The van der Waals surface area contributed by atoms with Crippen LogP contribution in [-0.2, 0) is 6.54 Å². The predicted octanol–water partition coefficient (Wildman–Crippen LogP) is 4.15. The highest BCUT2D eigenvalue weighted by Crippen LogP contribution is 2.38. The van der Waals surface area contributed by atoms with Gasteiger partial charge in [-0.1, -0.05) is 0 Å². The molecule has 0 amide bonds. The van der Waals surface area contributed by atoms with Gasteiger partial charge in [-0.25, -0.2) is 9.37 Å². The number of halogens is 1. The molecule has 4 aromatic rings. The number of hydrogen-bond donors (Lipinski definition) is 1. The third-order valence-corrected chi connectivity index (χ3v) is 5.98. The zero-order valence-electron chi connectivity index (χ0n) is 16.5. The molecule has 6 rings (SSSR count). The number of nitrogen functional groups attached to an aromatic ring is 1. The van der Waals surface area contributed by atoms with Gasteiger partial charge in [-0.2, -0.15) is 4.98 Å². The third-order valence-electron chi connectivity index (χ3n) is 5.98. The van der Waals surface area contributed by atoms with Crippen molar-refractivity contribution in [1.82, 2.24) is 14.5 Å². The van der Waals surface area contributed by atoms with E-state index in [2.05, 4.69) is 20.5 Å². The highest BCUT2D eigenvalue weighted by molar-refractivity contribution is 5.91. The molecule has 0 spiro atoms. The first-order valence-electron chi connectivity index (χ1n) is 10.4. The molecule has 1 saturated heterocycles. The van der Waals surface area contributed by atoms with E-state index in [9.17, 15) is 4.39 Å². The van der Waals surface area contributed by atoms with Crippen LogP contribution in [0.5, 0.6) is 5.75 Å². The van der Waals surface area contributed by atoms with E-state index in [1.807, 2.05) is 24.3 Å². The van der Waals surface area contributed by atoms with Crippen LogP contribution < -0.4 is 15.4 Å². The summed E-state index contributed by atoms with van der Waals surface area (Å²) in [7, 11) is 0. The molecule has 8 heteroatoms. The summed E-state index contributed by atoms with van der Waals surface area (Å²) in [5, 5.41) is 0. The third kappa shape index (κ3) is 2.78. The molecule has 30 heavy (non-hydrogen) atoms. The number of aryl methyl sites for hydroxylation is 1. The van der Waals surface area contributed by atoms with Crippen LogP contribution in [0.25, 0.3) is 33.5 Å². The van der Waals surface area contributed by atoms with Crippen LogP contribution >= 0.6 is 0 Å². The maximum absolute atomic E-state index is 13.8. The first kappa shape index (κ1) is 17.6. The standard InChI is InChI=1S/C22H22FN5O2/c23-14-5-7-27(12-14)15-10-17-20-19(11-15)29-8-2-1-6-28(20)21(25-17)13-3-4-18-16(9-13)26-22(24)30-18/h3-4,9-11,14H,1-2,5-8,12H2,(H2,24,26)/t14-/m0/s1. The van der Waals surface area contributed by atoms with Crippen LogP contribution in [0.1, 0.15) is 19.3 Å². The van der Waals surface area contributed by atoms with E-state index in [0.717, 1.165) is 53.2 Å². The smallest absolute Gasteiger partial charge is 0.292 e. The van der Waals surface area contributed by atoms with Gasteiger partial charge in [0.1, 0.15) is 28.8 Å². The van der Waals surface area contributed by atoms with E-state index < -0.39 is 6.17 Å². The number of aromatic nitrogens is 3. The average Bonchev–Trinajstić information content (AvgIpc) is 3.40. The summed E-state index contributed by atoms with van der Waals surface area (Å²) in [4.78, 5) is 11.3. The summed E-state index contributed by atoms with van der Waals surface area (Å²) in [6.45, 7) is 2.67. The number of hydrogen-bond acceptors (Lipinski definition) is 6. The maximum atomic E-state index is 13.8. The molecule has 1 fully saturated rings. The molecule has 2 aromatic carbocycles. The van der Waals surface area contributed by atoms with Gasteiger partial charge in [0.25, 0.3) is 6.01 Å². The van der Waals surface area contributed by atoms with Crippen LogP contribution in [0.15, 0.2) is 34.7 Å². The van der Waals surface area contributed by atoms with E-state index >= 15 is 0 Å². The van der Waals surface area contributed by atoms with Gasteiger partial charge in [-0.15, -0.1) is 0 Å². The Hall–Kier alpha value is -3.29. The molecule has 0 unspecified atom stereocenters. The lowest BCUT2D eigenvalue weighted by molar-refractivity contribution is 0.299. The summed E-state index contributed by atoms with van der Waals surface area (Å²) >= 11 is 0. The van der Waals surface area contributed by atoms with E-state index in [0.29, 0.717) is 37.2 Å². The minimum absolute atomic E-state index is 0.155. The lowest BCUT2D eigenvalue weighted by atomic mass is 10.2. The monoisotopic (exact) mass is 407 g/mol. The van der Waals surface area contributed by atoms with Gasteiger partial charge in [-0.05, 0) is 43.5 Å². The summed E-state index contributed by atoms with van der Waals surface area (Å²) in [5.41, 5.74) is 10.8. The molecule has 0 bridgehead atoms. The van der Waals surface area contributed by atoms with E-state index in [4.69, 9.17) is 19.9 Å². The average molecular weight is 407 g/mol. The van der Waals surface area contributed by atoms with Crippen molar-refractivity contribution >= 4 is 33.8 Å². The normalized spacial score (nSPS) is 19.2. The lowest BCUT2D eigenvalue weighted by Gasteiger charge is -2.21. The fourth-order valence-electron chi connectivity index (χ4n) is 4.54. The Morgan fingerprint density at radius 1 is 1.07 bits per heavy atom. The van der Waals surface area contributed by atoms with Gasteiger partial charge in [0.05, 0.1) is 12.1 Å². The molecule has 0 aliphatic carbocycles. The lowest BCUT2D eigenvalue weighted by Crippen LogP contribution is -2.20. The first-order chi connectivity index (χ1) is 14.7. The number of ether oxygens (including phenoxy) is 1. The molecule has 2 aliphatic rings. The van der Waals surface area contributed by atoms with Crippen molar-refractivity contribution in [3.63, 3.8) is 0 Å². The second-order valence-corrected chi connectivity index (χ2v) is 8.02. The molecule has 154 valence electrons. The fourth-order valence-corrected chi connectivity index (χ4v) is 4.54. The van der Waals surface area contributed by atoms with E-state index in [1.54, 1.807) is 0 Å². The summed E-state index contributed by atoms with van der Waals surface area (Å²) in [6, 6.07) is 10.0. The number of nitrogens with two attached hydrogens (primary N) is 1. The van der Waals surface area contributed by atoms with Gasteiger partial charge in [0.15, 0.2) is 5.58 Å². The Morgan fingerprint density at radius 3 is 2.87 bits per heavy atom. The molecule has 0 saturated carbocycles. The second kappa shape index (κ2) is 6.62. The van der Waals surface area contributed by atoms with Crippen LogP contribution in [0.3, 0.4) is 0 Å². The largest absolute Gasteiger partial charge is 0.491 e. The Bertz CT molecular complexity index is 1260. The van der Waals surface area contributed by atoms with Gasteiger partial charge in [-0.3, -0.25) is 0 Å². The van der Waals surface area contributed by atoms with Gasteiger partial charge in [0.2, 0.25) is 0 Å². The SMILES string of the molecule is Nc1nc2cc(-c3nc4cc(N5CC[C@H](F)C5)cc5c4n3CCCCO5)ccc2o1. The van der Waals surface area contributed by atoms with Gasteiger partial charge < -0.3 is 24.4 Å². The highest BCUT2D eigenvalue weighted by Gasteiger charge is 2.25. The molecule has 7 nitrogen and oxygen atoms in total. The molecule has 1 atom stereocenters. The zero-order valence-corrected chi connectivity index (χ0v) is 16.5. The number of imidazole rings is 1. The van der Waals surface area contributed by atoms with Crippen molar-refractivity contribution in [2.75, 3.05) is 30.3 Å². The Labute approximate surface area is 172 Å². The first-order valence-corrected chi connectivity index (χ1v) is 10.4. The molecule has 2 aliphatic heterocycles. The van der Waals surface area contributed by atoms with E-state index in [1.165, 1.54) is 0 Å². The Balaban J connectivity index is 1.54. The minimum Gasteiger partial charge on any atom is -0.491 e. The van der Waals surface area contributed by atoms with E-state index in [-0.39, 0.29) is 6.01 Å². The number of rotatable bonds is 2. The number of anilines is 2. The van der Waals surface area contributed by atoms with Crippen molar-refractivity contribution in [2.45, 2.75) is 32.0 Å². The van der Waals surface area contributed by atoms with Crippen molar-refractivity contribution in [3.8, 4) is 17.1 Å². The van der Waals surface area contributed by atoms with Crippen molar-refractivity contribution < 1.29 is 13.5 Å². The van der Waals surface area contributed by atoms with Crippen molar-refractivity contribution in [1.29, 1.82) is 0 Å². The number of nitrogens with zero attached hydrogens (tertiary/aromatic N) is 4. The quantitative estimate of drug-likeness (QED) is 0.538. The van der Waals surface area contributed by atoms with Crippen molar-refractivity contribution in [3.05, 3.63) is 30.3 Å². The van der Waals surface area contributed by atoms with Crippen LogP contribution in [-0.4, -0.2) is 40.4 Å². The Morgan fingerprint density at radius 2 is 2.00 bits per heavy atom.